The van der Waals surface area contributed by atoms with E-state index >= 15 is 0 Å². The number of pyridine rings is 1. The predicted molar refractivity (Wildman–Crippen MR) is 93.5 cm³/mol. The van der Waals surface area contributed by atoms with E-state index in [1.54, 1.807) is 17.1 Å². The van der Waals surface area contributed by atoms with Gasteiger partial charge >= 0.3 is 0 Å². The molecule has 1 saturated carbocycles. The molecule has 25 heavy (non-hydrogen) atoms. The molecule has 0 radical (unpaired) electrons. The van der Waals surface area contributed by atoms with Crippen molar-refractivity contribution >= 4 is 5.91 Å². The molecule has 1 aliphatic heterocycles. The average Bonchev–Trinajstić information content (AvgIpc) is 2.95. The van der Waals surface area contributed by atoms with Gasteiger partial charge in [0.25, 0.3) is 5.91 Å². The molecule has 2 aliphatic rings. The molecule has 1 aliphatic carbocycles. The SMILES string of the molecule is Cc1c(C(=O)N2CCC(O)(C3CCC3)CC2)cnn1-c1ccccn1. The summed E-state index contributed by atoms with van der Waals surface area (Å²) in [6, 6.07) is 5.62. The summed E-state index contributed by atoms with van der Waals surface area (Å²) in [5, 5.41) is 15.1. The molecule has 0 aromatic carbocycles. The van der Waals surface area contributed by atoms with Crippen LogP contribution < -0.4 is 0 Å². The van der Waals surface area contributed by atoms with Gasteiger partial charge < -0.3 is 10.0 Å². The van der Waals surface area contributed by atoms with Crippen LogP contribution >= 0.6 is 0 Å². The second-order valence-electron chi connectivity index (χ2n) is 7.27. The largest absolute Gasteiger partial charge is 0.389 e. The van der Waals surface area contributed by atoms with Crippen LogP contribution in [0.3, 0.4) is 0 Å². The third-order valence-corrected chi connectivity index (χ3v) is 5.89. The summed E-state index contributed by atoms with van der Waals surface area (Å²) in [5.74, 6) is 1.13. The molecule has 0 bridgehead atoms. The van der Waals surface area contributed by atoms with Crippen LogP contribution in [0.1, 0.15) is 48.2 Å². The highest BCUT2D eigenvalue weighted by atomic mass is 16.3. The number of carbonyl (C=O) groups is 1. The second kappa shape index (κ2) is 6.26. The Hall–Kier alpha value is -2.21. The fourth-order valence-corrected chi connectivity index (χ4v) is 3.95. The lowest BCUT2D eigenvalue weighted by molar-refractivity contribution is -0.0861. The second-order valence-corrected chi connectivity index (χ2v) is 7.27. The van der Waals surface area contributed by atoms with Crippen molar-refractivity contribution in [3.8, 4) is 5.82 Å². The molecule has 1 N–H and O–H groups in total. The van der Waals surface area contributed by atoms with Crippen LogP contribution in [-0.2, 0) is 0 Å². The van der Waals surface area contributed by atoms with Crippen LogP contribution in [0.2, 0.25) is 0 Å². The molecule has 4 rings (SSSR count). The minimum absolute atomic E-state index is 0.00431. The van der Waals surface area contributed by atoms with E-state index in [0.29, 0.717) is 43.2 Å². The smallest absolute Gasteiger partial charge is 0.257 e. The number of aromatic nitrogens is 3. The highest BCUT2D eigenvalue weighted by molar-refractivity contribution is 5.95. The van der Waals surface area contributed by atoms with Gasteiger partial charge in [0.1, 0.15) is 0 Å². The molecule has 3 heterocycles. The Bertz CT molecular complexity index is 759. The van der Waals surface area contributed by atoms with Gasteiger partial charge in [-0.1, -0.05) is 12.5 Å². The van der Waals surface area contributed by atoms with Gasteiger partial charge in [-0.25, -0.2) is 9.67 Å². The van der Waals surface area contributed by atoms with Crippen molar-refractivity contribution in [2.75, 3.05) is 13.1 Å². The number of hydrogen-bond donors (Lipinski definition) is 1. The maximum absolute atomic E-state index is 12.9. The number of rotatable bonds is 3. The van der Waals surface area contributed by atoms with E-state index in [0.717, 1.165) is 18.5 Å². The Morgan fingerprint density at radius 2 is 2.04 bits per heavy atom. The Kier molecular flexibility index (Phi) is 4.07. The zero-order valence-electron chi connectivity index (χ0n) is 14.6. The first-order valence-corrected chi connectivity index (χ1v) is 9.06. The minimum Gasteiger partial charge on any atom is -0.389 e. The van der Waals surface area contributed by atoms with E-state index in [1.165, 1.54) is 6.42 Å². The topological polar surface area (TPSA) is 71.2 Å². The summed E-state index contributed by atoms with van der Waals surface area (Å²) >= 11 is 0. The number of nitrogens with zero attached hydrogens (tertiary/aromatic N) is 4. The van der Waals surface area contributed by atoms with E-state index in [1.807, 2.05) is 30.0 Å². The fraction of sp³-hybridized carbons (Fsp3) is 0.526. The zero-order chi connectivity index (χ0) is 17.4. The molecular weight excluding hydrogens is 316 g/mol. The van der Waals surface area contributed by atoms with Crippen molar-refractivity contribution in [2.24, 2.45) is 5.92 Å². The Morgan fingerprint density at radius 3 is 2.64 bits per heavy atom. The van der Waals surface area contributed by atoms with Gasteiger partial charge in [-0.2, -0.15) is 5.10 Å². The lowest BCUT2D eigenvalue weighted by Gasteiger charge is -2.46. The summed E-state index contributed by atoms with van der Waals surface area (Å²) in [6.45, 7) is 3.11. The van der Waals surface area contributed by atoms with Crippen molar-refractivity contribution in [1.82, 2.24) is 19.7 Å². The predicted octanol–water partition coefficient (Wildman–Crippen LogP) is 2.34. The third kappa shape index (κ3) is 2.84. The van der Waals surface area contributed by atoms with Gasteiger partial charge in [0, 0.05) is 19.3 Å². The van der Waals surface area contributed by atoms with Gasteiger partial charge in [0.05, 0.1) is 23.1 Å². The van der Waals surface area contributed by atoms with Crippen molar-refractivity contribution in [3.63, 3.8) is 0 Å². The third-order valence-electron chi connectivity index (χ3n) is 5.89. The first kappa shape index (κ1) is 16.3. The van der Waals surface area contributed by atoms with E-state index in [4.69, 9.17) is 0 Å². The minimum atomic E-state index is -0.567. The molecule has 2 aromatic rings. The number of likely N-dealkylation sites (tertiary alicyclic amines) is 1. The molecule has 0 unspecified atom stereocenters. The maximum atomic E-state index is 12.9. The quantitative estimate of drug-likeness (QED) is 0.931. The standard InChI is InChI=1S/C19H24N4O2/c1-14-16(13-21-23(14)17-7-2-3-10-20-17)18(24)22-11-8-19(25,9-12-22)15-5-4-6-15/h2-3,7,10,13,15,25H,4-6,8-9,11-12H2,1H3. The first-order valence-electron chi connectivity index (χ1n) is 9.06. The number of hydrogen-bond acceptors (Lipinski definition) is 4. The fourth-order valence-electron chi connectivity index (χ4n) is 3.95. The van der Waals surface area contributed by atoms with Gasteiger partial charge in [0.2, 0.25) is 0 Å². The molecule has 0 spiro atoms. The number of piperidine rings is 1. The molecular formula is C19H24N4O2. The first-order chi connectivity index (χ1) is 12.1. The van der Waals surface area contributed by atoms with E-state index < -0.39 is 5.60 Å². The van der Waals surface area contributed by atoms with Crippen molar-refractivity contribution in [3.05, 3.63) is 41.9 Å². The Balaban J connectivity index is 1.48. The summed E-state index contributed by atoms with van der Waals surface area (Å²) in [7, 11) is 0. The highest BCUT2D eigenvalue weighted by Gasteiger charge is 2.43. The van der Waals surface area contributed by atoms with Crippen LogP contribution in [-0.4, -0.2) is 49.4 Å². The van der Waals surface area contributed by atoms with Crippen LogP contribution in [0.4, 0.5) is 0 Å². The van der Waals surface area contributed by atoms with Crippen LogP contribution in [0, 0.1) is 12.8 Å². The normalized spacial score (nSPS) is 20.3. The maximum Gasteiger partial charge on any atom is 0.257 e. The Labute approximate surface area is 147 Å². The molecule has 2 aromatic heterocycles. The molecule has 1 saturated heterocycles. The average molecular weight is 340 g/mol. The number of aliphatic hydroxyl groups is 1. The van der Waals surface area contributed by atoms with E-state index in [2.05, 4.69) is 10.1 Å². The highest BCUT2D eigenvalue weighted by Crippen LogP contribution is 2.42. The van der Waals surface area contributed by atoms with Crippen LogP contribution in [0.25, 0.3) is 5.82 Å². The summed E-state index contributed by atoms with van der Waals surface area (Å²) < 4.78 is 1.70. The number of carbonyl (C=O) groups excluding carboxylic acids is 1. The van der Waals surface area contributed by atoms with Crippen molar-refractivity contribution in [2.45, 2.75) is 44.6 Å². The summed E-state index contributed by atoms with van der Waals surface area (Å²) in [4.78, 5) is 19.0. The van der Waals surface area contributed by atoms with E-state index in [9.17, 15) is 9.90 Å². The van der Waals surface area contributed by atoms with Crippen molar-refractivity contribution in [1.29, 1.82) is 0 Å². The van der Waals surface area contributed by atoms with Gasteiger partial charge in [-0.3, -0.25) is 4.79 Å². The molecule has 6 nitrogen and oxygen atoms in total. The van der Waals surface area contributed by atoms with Gasteiger partial charge in [0.15, 0.2) is 5.82 Å². The molecule has 0 atom stereocenters. The van der Waals surface area contributed by atoms with Crippen molar-refractivity contribution < 1.29 is 9.90 Å². The lowest BCUT2D eigenvalue weighted by Crippen LogP contribution is -2.52. The Morgan fingerprint density at radius 1 is 1.28 bits per heavy atom. The molecule has 1 amide bonds. The number of amides is 1. The van der Waals surface area contributed by atoms with Crippen LogP contribution in [0.5, 0.6) is 0 Å². The van der Waals surface area contributed by atoms with Crippen LogP contribution in [0.15, 0.2) is 30.6 Å². The zero-order valence-corrected chi connectivity index (χ0v) is 14.6. The molecule has 6 heteroatoms. The van der Waals surface area contributed by atoms with Gasteiger partial charge in [-0.15, -0.1) is 0 Å². The monoisotopic (exact) mass is 340 g/mol. The molecule has 2 fully saturated rings. The van der Waals surface area contributed by atoms with Gasteiger partial charge in [-0.05, 0) is 50.7 Å². The lowest BCUT2D eigenvalue weighted by atomic mass is 9.69. The van der Waals surface area contributed by atoms with E-state index in [-0.39, 0.29) is 5.91 Å². The summed E-state index contributed by atoms with van der Waals surface area (Å²) in [5.41, 5.74) is 0.839. The summed E-state index contributed by atoms with van der Waals surface area (Å²) in [6.07, 6.45) is 8.17. The molecule has 132 valence electrons.